The molecule has 6 nitrogen and oxygen atoms in total. The van der Waals surface area contributed by atoms with Crippen LogP contribution in [-0.4, -0.2) is 23.6 Å². The summed E-state index contributed by atoms with van der Waals surface area (Å²) in [6.45, 7) is 6.41. The molecule has 6 heteroatoms. The zero-order valence-corrected chi connectivity index (χ0v) is 17.2. The Morgan fingerprint density at radius 2 is 1.79 bits per heavy atom. The number of pyridine rings is 1. The fraction of sp³-hybridized carbons (Fsp3) is 0.217. The number of aliphatic imine (C=N–C) groups is 1. The molecule has 0 atom stereocenters. The van der Waals surface area contributed by atoms with Crippen LogP contribution in [0.2, 0.25) is 0 Å². The van der Waals surface area contributed by atoms with Crippen molar-refractivity contribution in [3.05, 3.63) is 66.9 Å². The van der Waals surface area contributed by atoms with E-state index in [1.807, 2.05) is 42.5 Å². The minimum atomic E-state index is 0.00140. The molecular weight excluding hydrogens is 362 g/mol. The summed E-state index contributed by atoms with van der Waals surface area (Å²) in [5.74, 6) is 1.46. The van der Waals surface area contributed by atoms with Gasteiger partial charge in [-0.2, -0.15) is 4.99 Å². The Hall–Kier alpha value is -3.54. The van der Waals surface area contributed by atoms with E-state index in [2.05, 4.69) is 59.6 Å². The van der Waals surface area contributed by atoms with Crippen LogP contribution in [0.5, 0.6) is 5.75 Å². The number of nitrogens with two attached hydrogens (primary N) is 1. The van der Waals surface area contributed by atoms with Gasteiger partial charge < -0.3 is 21.1 Å². The summed E-state index contributed by atoms with van der Waals surface area (Å²) in [5.41, 5.74) is 9.94. The minimum Gasteiger partial charge on any atom is -0.495 e. The molecule has 1 aromatic heterocycles. The Morgan fingerprint density at radius 3 is 2.48 bits per heavy atom. The zero-order valence-electron chi connectivity index (χ0n) is 17.2. The third-order valence-corrected chi connectivity index (χ3v) is 4.07. The smallest absolute Gasteiger partial charge is 0.199 e. The molecule has 3 aromatic rings. The molecule has 0 aliphatic carbocycles. The molecule has 0 unspecified atom stereocenters. The van der Waals surface area contributed by atoms with E-state index in [0.717, 1.165) is 22.5 Å². The monoisotopic (exact) mass is 389 g/mol. The normalized spacial score (nSPS) is 11.8. The van der Waals surface area contributed by atoms with Gasteiger partial charge >= 0.3 is 0 Å². The summed E-state index contributed by atoms with van der Waals surface area (Å²) in [6.07, 6.45) is 1.80. The van der Waals surface area contributed by atoms with Crippen molar-refractivity contribution in [2.75, 3.05) is 17.7 Å². The Balaban J connectivity index is 1.75. The molecule has 0 bridgehead atoms. The Bertz CT molecular complexity index is 991. The molecule has 0 saturated carbocycles. The molecule has 0 saturated heterocycles. The van der Waals surface area contributed by atoms with Gasteiger partial charge in [0.15, 0.2) is 11.8 Å². The van der Waals surface area contributed by atoms with Gasteiger partial charge in [0.1, 0.15) is 5.75 Å². The van der Waals surface area contributed by atoms with Crippen LogP contribution in [0.4, 0.5) is 17.2 Å². The molecule has 0 spiro atoms. The highest BCUT2D eigenvalue weighted by Gasteiger charge is 2.10. The first kappa shape index (κ1) is 20.2. The van der Waals surface area contributed by atoms with Crippen LogP contribution in [-0.2, 0) is 0 Å². The summed E-state index contributed by atoms with van der Waals surface area (Å²) >= 11 is 0. The van der Waals surface area contributed by atoms with Crippen molar-refractivity contribution in [1.29, 1.82) is 0 Å². The molecular formula is C23H27N5O. The van der Waals surface area contributed by atoms with Crippen LogP contribution in [0, 0.1) is 0 Å². The maximum Gasteiger partial charge on any atom is 0.199 e. The lowest BCUT2D eigenvalue weighted by atomic mass is 10.0. The summed E-state index contributed by atoms with van der Waals surface area (Å²) in [5, 5.41) is 6.52. The first-order valence-electron chi connectivity index (χ1n) is 9.43. The van der Waals surface area contributed by atoms with E-state index in [0.29, 0.717) is 11.6 Å². The Labute approximate surface area is 171 Å². The molecule has 1 heterocycles. The molecule has 4 N–H and O–H groups in total. The van der Waals surface area contributed by atoms with Crippen LogP contribution in [0.25, 0.3) is 11.1 Å². The summed E-state index contributed by atoms with van der Waals surface area (Å²) in [4.78, 5) is 8.76. The van der Waals surface area contributed by atoms with E-state index in [-0.39, 0.29) is 11.5 Å². The summed E-state index contributed by atoms with van der Waals surface area (Å²) in [6, 6.07) is 19.6. The van der Waals surface area contributed by atoms with Gasteiger partial charge in [-0.1, -0.05) is 24.3 Å². The quantitative estimate of drug-likeness (QED) is 0.421. The number of aromatic nitrogens is 1. The lowest BCUT2D eigenvalue weighted by molar-refractivity contribution is 0.417. The standard InChI is InChI=1S/C23H27N5O/c1-23(2,3)28-18-9-7-8-16(14-18)17-12-13-21(25-15-17)27-22(24)26-19-10-5-6-11-20(19)29-4/h5-15,28H,1-4H3,(H3,24,25,26,27). The average Bonchev–Trinajstić information content (AvgIpc) is 2.68. The molecule has 3 rings (SSSR count). The van der Waals surface area contributed by atoms with E-state index in [1.165, 1.54) is 0 Å². The van der Waals surface area contributed by atoms with Gasteiger partial charge in [0, 0.05) is 23.0 Å². The predicted octanol–water partition coefficient (Wildman–Crippen LogP) is 5.03. The number of anilines is 2. The van der Waals surface area contributed by atoms with Gasteiger partial charge in [-0.05, 0) is 62.7 Å². The van der Waals surface area contributed by atoms with Crippen LogP contribution in [0.3, 0.4) is 0 Å². The van der Waals surface area contributed by atoms with Crippen molar-refractivity contribution < 1.29 is 4.74 Å². The summed E-state index contributed by atoms with van der Waals surface area (Å²) < 4.78 is 5.31. The van der Waals surface area contributed by atoms with Gasteiger partial charge in [0.25, 0.3) is 0 Å². The van der Waals surface area contributed by atoms with E-state index in [4.69, 9.17) is 10.5 Å². The number of nitrogens with one attached hydrogen (secondary N) is 2. The lowest BCUT2D eigenvalue weighted by Gasteiger charge is -2.22. The van der Waals surface area contributed by atoms with Crippen molar-refractivity contribution in [2.45, 2.75) is 26.3 Å². The van der Waals surface area contributed by atoms with Crippen LogP contribution >= 0.6 is 0 Å². The van der Waals surface area contributed by atoms with Gasteiger partial charge in [-0.25, -0.2) is 4.98 Å². The van der Waals surface area contributed by atoms with Gasteiger partial charge in [-0.15, -0.1) is 0 Å². The number of benzene rings is 2. The minimum absolute atomic E-state index is 0.00140. The van der Waals surface area contributed by atoms with Crippen molar-refractivity contribution in [2.24, 2.45) is 10.7 Å². The molecule has 29 heavy (non-hydrogen) atoms. The number of methoxy groups -OCH3 is 1. The molecule has 0 aliphatic rings. The van der Waals surface area contributed by atoms with Gasteiger partial charge in [-0.3, -0.25) is 0 Å². The molecule has 2 aromatic carbocycles. The SMILES string of the molecule is COc1ccccc1NC(N)=Nc1ccc(-c2cccc(NC(C)(C)C)c2)cn1. The molecule has 0 amide bonds. The fourth-order valence-electron chi connectivity index (χ4n) is 2.87. The second-order valence-corrected chi connectivity index (χ2v) is 7.68. The Morgan fingerprint density at radius 1 is 1.00 bits per heavy atom. The number of guanidine groups is 1. The third-order valence-electron chi connectivity index (χ3n) is 4.07. The molecule has 0 aliphatic heterocycles. The first-order chi connectivity index (χ1) is 13.8. The first-order valence-corrected chi connectivity index (χ1v) is 9.43. The number of nitrogens with zero attached hydrogens (tertiary/aromatic N) is 2. The van der Waals surface area contributed by atoms with E-state index in [9.17, 15) is 0 Å². The highest BCUT2D eigenvalue weighted by Crippen LogP contribution is 2.26. The molecule has 0 radical (unpaired) electrons. The number of para-hydroxylation sites is 2. The van der Waals surface area contributed by atoms with E-state index >= 15 is 0 Å². The van der Waals surface area contributed by atoms with Crippen LogP contribution in [0.1, 0.15) is 20.8 Å². The van der Waals surface area contributed by atoms with Crippen molar-refractivity contribution in [1.82, 2.24) is 4.98 Å². The lowest BCUT2D eigenvalue weighted by Crippen LogP contribution is -2.25. The second-order valence-electron chi connectivity index (χ2n) is 7.68. The van der Waals surface area contributed by atoms with E-state index in [1.54, 1.807) is 13.3 Å². The largest absolute Gasteiger partial charge is 0.495 e. The van der Waals surface area contributed by atoms with Crippen molar-refractivity contribution in [3.63, 3.8) is 0 Å². The number of ether oxygens (including phenoxy) is 1. The van der Waals surface area contributed by atoms with Gasteiger partial charge in [0.05, 0.1) is 12.8 Å². The predicted molar refractivity (Wildman–Crippen MR) is 121 cm³/mol. The fourth-order valence-corrected chi connectivity index (χ4v) is 2.87. The third kappa shape index (κ3) is 5.72. The molecule has 0 fully saturated rings. The topological polar surface area (TPSA) is 84.6 Å². The highest BCUT2D eigenvalue weighted by atomic mass is 16.5. The molecule has 150 valence electrons. The zero-order chi connectivity index (χ0) is 20.9. The van der Waals surface area contributed by atoms with E-state index < -0.39 is 0 Å². The van der Waals surface area contributed by atoms with Crippen molar-refractivity contribution >= 4 is 23.2 Å². The number of hydrogen-bond donors (Lipinski definition) is 3. The summed E-state index contributed by atoms with van der Waals surface area (Å²) in [7, 11) is 1.61. The Kier molecular flexibility index (Phi) is 6.02. The van der Waals surface area contributed by atoms with Crippen LogP contribution < -0.4 is 21.1 Å². The second kappa shape index (κ2) is 8.65. The maximum atomic E-state index is 6.02. The number of hydrogen-bond acceptors (Lipinski definition) is 4. The highest BCUT2D eigenvalue weighted by molar-refractivity contribution is 5.95. The van der Waals surface area contributed by atoms with Gasteiger partial charge in [0.2, 0.25) is 0 Å². The number of rotatable bonds is 5. The van der Waals surface area contributed by atoms with Crippen LogP contribution in [0.15, 0.2) is 71.9 Å². The average molecular weight is 390 g/mol. The van der Waals surface area contributed by atoms with Crippen molar-refractivity contribution in [3.8, 4) is 16.9 Å². The maximum absolute atomic E-state index is 6.02.